The number of sulfonamides is 1. The van der Waals surface area contributed by atoms with Gasteiger partial charge in [-0.3, -0.25) is 0 Å². The van der Waals surface area contributed by atoms with Crippen LogP contribution in [0.3, 0.4) is 0 Å². The Morgan fingerprint density at radius 3 is 2.53 bits per heavy atom. The van der Waals surface area contributed by atoms with Gasteiger partial charge in [0.15, 0.2) is 0 Å². The average Bonchev–Trinajstić information content (AvgIpc) is 2.13. The largest absolute Gasteiger partial charge is 0.387 e. The molecule has 0 atom stereocenters. The molecule has 0 aromatic heterocycles. The van der Waals surface area contributed by atoms with Gasteiger partial charge < -0.3 is 5.11 Å². The van der Waals surface area contributed by atoms with Gasteiger partial charge in [-0.15, -0.1) is 0 Å². The fraction of sp³-hybridized carbons (Fsp3) is 0.400. The van der Waals surface area contributed by atoms with Crippen LogP contribution in [0.2, 0.25) is 5.02 Å². The number of rotatable bonds is 2. The monoisotopic (exact) mass is 339 g/mol. The molecular weight excluding hydrogens is 330 g/mol. The van der Waals surface area contributed by atoms with E-state index in [2.05, 4.69) is 15.9 Å². The van der Waals surface area contributed by atoms with Crippen LogP contribution in [0.15, 0.2) is 27.6 Å². The van der Waals surface area contributed by atoms with Crippen LogP contribution in [-0.4, -0.2) is 36.5 Å². The molecule has 0 unspecified atom stereocenters. The normalized spacial score (nSPS) is 20.0. The predicted octanol–water partition coefficient (Wildman–Crippen LogP) is 1.86. The van der Waals surface area contributed by atoms with Gasteiger partial charge in [-0.1, -0.05) is 27.5 Å². The number of nitrogens with zero attached hydrogens (tertiary/aromatic N) is 1. The van der Waals surface area contributed by atoms with Crippen LogP contribution in [0.25, 0.3) is 0 Å². The van der Waals surface area contributed by atoms with E-state index in [1.165, 1.54) is 16.4 Å². The summed E-state index contributed by atoms with van der Waals surface area (Å²) in [6.45, 7) is 1.80. The summed E-state index contributed by atoms with van der Waals surface area (Å²) < 4.78 is 26.2. The molecule has 1 aromatic carbocycles. The zero-order valence-corrected chi connectivity index (χ0v) is 12.2. The van der Waals surface area contributed by atoms with Crippen LogP contribution >= 0.6 is 27.5 Å². The highest BCUT2D eigenvalue weighted by molar-refractivity contribution is 9.10. The zero-order chi connectivity index (χ0) is 12.8. The number of benzene rings is 1. The molecule has 17 heavy (non-hydrogen) atoms. The SMILES string of the molecule is CC1(O)CN(S(=O)(=O)c2ccc(Br)cc2Cl)C1. The third-order valence-corrected chi connectivity index (χ3v) is 5.31. The number of hydrogen-bond donors (Lipinski definition) is 1. The van der Waals surface area contributed by atoms with Gasteiger partial charge in [0.25, 0.3) is 0 Å². The van der Waals surface area contributed by atoms with Gasteiger partial charge in [-0.05, 0) is 25.1 Å². The van der Waals surface area contributed by atoms with Crippen molar-refractivity contribution in [3.8, 4) is 0 Å². The molecule has 1 aliphatic rings. The minimum absolute atomic E-state index is 0.0675. The molecule has 4 nitrogen and oxygen atoms in total. The number of β-amino-alcohol motifs (C(OH)–C–C–N with tert-alkyl or cyclic N) is 1. The smallest absolute Gasteiger partial charge is 0.244 e. The van der Waals surface area contributed by atoms with Crippen molar-refractivity contribution in [2.75, 3.05) is 13.1 Å². The van der Waals surface area contributed by atoms with Crippen LogP contribution in [0, 0.1) is 0 Å². The lowest BCUT2D eigenvalue weighted by Crippen LogP contribution is -2.61. The van der Waals surface area contributed by atoms with E-state index in [4.69, 9.17) is 11.6 Å². The van der Waals surface area contributed by atoms with Crippen molar-refractivity contribution in [3.05, 3.63) is 27.7 Å². The van der Waals surface area contributed by atoms with Crippen LogP contribution in [0.4, 0.5) is 0 Å². The summed E-state index contributed by atoms with van der Waals surface area (Å²) in [7, 11) is -3.60. The van der Waals surface area contributed by atoms with E-state index in [1.807, 2.05) is 0 Å². The minimum Gasteiger partial charge on any atom is -0.387 e. The van der Waals surface area contributed by atoms with E-state index in [0.29, 0.717) is 0 Å². The van der Waals surface area contributed by atoms with Crippen molar-refractivity contribution < 1.29 is 13.5 Å². The lowest BCUT2D eigenvalue weighted by molar-refractivity contribution is -0.0426. The van der Waals surface area contributed by atoms with Crippen LogP contribution in [-0.2, 0) is 10.0 Å². The maximum Gasteiger partial charge on any atom is 0.244 e. The highest BCUT2D eigenvalue weighted by atomic mass is 79.9. The first-order valence-corrected chi connectivity index (χ1v) is 7.51. The van der Waals surface area contributed by atoms with Crippen LogP contribution in [0.5, 0.6) is 0 Å². The summed E-state index contributed by atoms with van der Waals surface area (Å²) in [5.74, 6) is 0. The molecule has 2 rings (SSSR count). The van der Waals surface area contributed by atoms with E-state index < -0.39 is 15.6 Å². The summed E-state index contributed by atoms with van der Waals surface area (Å²) in [4.78, 5) is 0.0675. The van der Waals surface area contributed by atoms with Gasteiger partial charge in [-0.2, -0.15) is 4.31 Å². The van der Waals surface area contributed by atoms with Gasteiger partial charge in [0, 0.05) is 17.6 Å². The first-order chi connectivity index (χ1) is 7.72. The fourth-order valence-electron chi connectivity index (χ4n) is 1.71. The second-order valence-corrected chi connectivity index (χ2v) is 7.57. The Balaban J connectivity index is 2.34. The Kier molecular flexibility index (Phi) is 3.29. The van der Waals surface area contributed by atoms with Crippen molar-refractivity contribution in [1.29, 1.82) is 0 Å². The van der Waals surface area contributed by atoms with Crippen LogP contribution in [0.1, 0.15) is 6.92 Å². The molecule has 1 heterocycles. The molecule has 1 saturated heterocycles. The van der Waals surface area contributed by atoms with E-state index >= 15 is 0 Å². The van der Waals surface area contributed by atoms with Gasteiger partial charge in [0.1, 0.15) is 4.90 Å². The molecule has 0 spiro atoms. The summed E-state index contributed by atoms with van der Waals surface area (Å²) in [5, 5.41) is 9.73. The third kappa shape index (κ3) is 2.51. The molecule has 0 saturated carbocycles. The summed E-state index contributed by atoms with van der Waals surface area (Å²) in [6, 6.07) is 4.61. The molecule has 1 N–H and O–H groups in total. The lowest BCUT2D eigenvalue weighted by atomic mass is 10.0. The molecule has 7 heteroatoms. The van der Waals surface area contributed by atoms with Crippen molar-refractivity contribution >= 4 is 37.6 Å². The van der Waals surface area contributed by atoms with Crippen molar-refractivity contribution in [2.24, 2.45) is 0 Å². The van der Waals surface area contributed by atoms with E-state index in [1.54, 1.807) is 13.0 Å². The topological polar surface area (TPSA) is 57.6 Å². The summed E-state index contributed by atoms with van der Waals surface area (Å²) >= 11 is 9.13. The number of aliphatic hydroxyl groups is 1. The highest BCUT2D eigenvalue weighted by Gasteiger charge is 2.44. The zero-order valence-electron chi connectivity index (χ0n) is 9.02. The molecule has 0 amide bonds. The fourth-order valence-corrected chi connectivity index (χ4v) is 4.39. The Morgan fingerprint density at radius 1 is 1.47 bits per heavy atom. The Hall–Kier alpha value is -0.140. The maximum atomic E-state index is 12.1. The Labute approximate surface area is 113 Å². The van der Waals surface area contributed by atoms with E-state index in [0.717, 1.165) is 4.47 Å². The quantitative estimate of drug-likeness (QED) is 0.894. The molecule has 0 aliphatic carbocycles. The van der Waals surface area contributed by atoms with Gasteiger partial charge in [0.2, 0.25) is 10.0 Å². The summed E-state index contributed by atoms with van der Waals surface area (Å²) in [6.07, 6.45) is 0. The standard InChI is InChI=1S/C10H11BrClNO3S/c1-10(14)5-13(6-10)17(15,16)9-3-2-7(11)4-8(9)12/h2-4,14H,5-6H2,1H3. The molecule has 0 bridgehead atoms. The van der Waals surface area contributed by atoms with Crippen molar-refractivity contribution in [3.63, 3.8) is 0 Å². The predicted molar refractivity (Wildman–Crippen MR) is 68.5 cm³/mol. The molecule has 94 valence electrons. The average molecular weight is 341 g/mol. The number of hydrogen-bond acceptors (Lipinski definition) is 3. The minimum atomic E-state index is -3.60. The molecule has 0 radical (unpaired) electrons. The Bertz CT molecular complexity index is 551. The number of halogens is 2. The first-order valence-electron chi connectivity index (χ1n) is 4.90. The molecular formula is C10H11BrClNO3S. The second kappa shape index (κ2) is 4.20. The Morgan fingerprint density at radius 2 is 2.06 bits per heavy atom. The first kappa shape index (κ1) is 13.3. The van der Waals surface area contributed by atoms with Crippen molar-refractivity contribution in [1.82, 2.24) is 4.31 Å². The summed E-state index contributed by atoms with van der Waals surface area (Å²) in [5.41, 5.74) is -0.936. The lowest BCUT2D eigenvalue weighted by Gasteiger charge is -2.42. The molecule has 1 aromatic rings. The maximum absolute atomic E-state index is 12.1. The van der Waals surface area contributed by atoms with Crippen molar-refractivity contribution in [2.45, 2.75) is 17.4 Å². The molecule has 1 fully saturated rings. The highest BCUT2D eigenvalue weighted by Crippen LogP contribution is 2.32. The van der Waals surface area contributed by atoms with Gasteiger partial charge >= 0.3 is 0 Å². The van der Waals surface area contributed by atoms with Gasteiger partial charge in [0.05, 0.1) is 10.6 Å². The molecule has 1 aliphatic heterocycles. The van der Waals surface area contributed by atoms with E-state index in [9.17, 15) is 13.5 Å². The third-order valence-electron chi connectivity index (χ3n) is 2.55. The van der Waals surface area contributed by atoms with Gasteiger partial charge in [-0.25, -0.2) is 8.42 Å². The second-order valence-electron chi connectivity index (χ2n) is 4.34. The van der Waals surface area contributed by atoms with E-state index in [-0.39, 0.29) is 23.0 Å². The van der Waals surface area contributed by atoms with Crippen LogP contribution < -0.4 is 0 Å².